The van der Waals surface area contributed by atoms with Gasteiger partial charge >= 0.3 is 5.97 Å². The number of nitrogens with one attached hydrogen (secondary N) is 2. The Morgan fingerprint density at radius 1 is 1.32 bits per heavy atom. The van der Waals surface area contributed by atoms with E-state index in [1.54, 1.807) is 6.08 Å². The van der Waals surface area contributed by atoms with Crippen molar-refractivity contribution >= 4 is 74.2 Å². The maximum atomic E-state index is 12.3. The van der Waals surface area contributed by atoms with E-state index in [4.69, 9.17) is 5.11 Å². The number of hydrogen-bond donors (Lipinski definition) is 3. The number of thiazole rings is 1. The molecule has 158 valence electrons. The molecule has 31 heavy (non-hydrogen) atoms. The minimum atomic E-state index is -1.04. The van der Waals surface area contributed by atoms with Crippen LogP contribution < -0.4 is 10.6 Å². The number of aryl methyl sites for hydroxylation is 1. The number of aliphatic imine (C=N–C) groups is 1. The SMILES string of the molecule is Cn1c(N=C2NC(=O)/C(=C/c3cnc(NC(=O)CCC(=O)O)s3)S2)nc2ccccc21. The van der Waals surface area contributed by atoms with Crippen LogP contribution in [0.5, 0.6) is 0 Å². The van der Waals surface area contributed by atoms with Crippen LogP contribution in [-0.2, 0) is 21.4 Å². The van der Waals surface area contributed by atoms with Gasteiger partial charge in [-0.1, -0.05) is 23.5 Å². The number of benzene rings is 1. The first kappa shape index (κ1) is 20.8. The second kappa shape index (κ2) is 8.70. The van der Waals surface area contributed by atoms with E-state index in [1.165, 1.54) is 29.3 Å². The van der Waals surface area contributed by atoms with E-state index in [1.807, 2.05) is 35.9 Å². The molecule has 3 heterocycles. The van der Waals surface area contributed by atoms with Crippen LogP contribution in [0, 0.1) is 0 Å². The number of amides is 2. The lowest BCUT2D eigenvalue weighted by atomic mass is 10.3. The van der Waals surface area contributed by atoms with Crippen molar-refractivity contribution in [1.82, 2.24) is 19.9 Å². The Bertz CT molecular complexity index is 1260. The van der Waals surface area contributed by atoms with Gasteiger partial charge in [0.25, 0.3) is 5.91 Å². The van der Waals surface area contributed by atoms with Crippen LogP contribution in [-0.4, -0.2) is 42.6 Å². The molecule has 12 heteroatoms. The maximum absolute atomic E-state index is 12.3. The minimum absolute atomic E-state index is 0.133. The summed E-state index contributed by atoms with van der Waals surface area (Å²) >= 11 is 2.36. The number of imidazole rings is 1. The molecule has 0 saturated carbocycles. The highest BCUT2D eigenvalue weighted by Crippen LogP contribution is 2.30. The minimum Gasteiger partial charge on any atom is -0.481 e. The molecule has 0 aliphatic carbocycles. The third-order valence-corrected chi connectivity index (χ3v) is 5.99. The zero-order valence-electron chi connectivity index (χ0n) is 16.2. The van der Waals surface area contributed by atoms with E-state index in [-0.39, 0.29) is 18.7 Å². The van der Waals surface area contributed by atoms with Gasteiger partial charge in [-0.2, -0.15) is 4.99 Å². The lowest BCUT2D eigenvalue weighted by Crippen LogP contribution is -2.19. The second-order valence-electron chi connectivity index (χ2n) is 6.45. The highest BCUT2D eigenvalue weighted by atomic mass is 32.2. The number of hydrogen-bond acceptors (Lipinski definition) is 8. The van der Waals surface area contributed by atoms with Gasteiger partial charge in [0.2, 0.25) is 11.9 Å². The van der Waals surface area contributed by atoms with Gasteiger partial charge in [-0.05, 0) is 30.0 Å². The summed E-state index contributed by atoms with van der Waals surface area (Å²) in [5.41, 5.74) is 1.76. The third-order valence-electron chi connectivity index (χ3n) is 4.23. The zero-order valence-corrected chi connectivity index (χ0v) is 17.8. The predicted octanol–water partition coefficient (Wildman–Crippen LogP) is 2.72. The van der Waals surface area contributed by atoms with Crippen LogP contribution in [0.15, 0.2) is 40.4 Å². The summed E-state index contributed by atoms with van der Waals surface area (Å²) in [6.07, 6.45) is 2.80. The number of carboxylic acids is 1. The summed E-state index contributed by atoms with van der Waals surface area (Å²) < 4.78 is 1.85. The lowest BCUT2D eigenvalue weighted by Gasteiger charge is -1.98. The number of aromatic nitrogens is 3. The van der Waals surface area contributed by atoms with Crippen LogP contribution in [0.3, 0.4) is 0 Å². The molecule has 10 nitrogen and oxygen atoms in total. The fourth-order valence-electron chi connectivity index (χ4n) is 2.75. The van der Waals surface area contributed by atoms with Gasteiger partial charge in [0.15, 0.2) is 10.3 Å². The summed E-state index contributed by atoms with van der Waals surface area (Å²) in [4.78, 5) is 48.7. The average Bonchev–Trinajstić information content (AvgIpc) is 3.40. The molecule has 2 amide bonds. The molecule has 3 N–H and O–H groups in total. The number of amidine groups is 1. The monoisotopic (exact) mass is 456 g/mol. The lowest BCUT2D eigenvalue weighted by molar-refractivity contribution is -0.138. The number of aliphatic carboxylic acids is 1. The number of thioether (sulfide) groups is 1. The number of rotatable bonds is 6. The van der Waals surface area contributed by atoms with Gasteiger partial charge in [-0.15, -0.1) is 0 Å². The number of nitrogens with zero attached hydrogens (tertiary/aromatic N) is 4. The highest BCUT2D eigenvalue weighted by molar-refractivity contribution is 8.18. The van der Waals surface area contributed by atoms with Crippen LogP contribution >= 0.6 is 23.1 Å². The Balaban J connectivity index is 1.46. The summed E-state index contributed by atoms with van der Waals surface area (Å²) in [6.45, 7) is 0. The number of para-hydroxylation sites is 2. The molecule has 0 unspecified atom stereocenters. The van der Waals surface area contributed by atoms with Crippen molar-refractivity contribution in [2.24, 2.45) is 12.0 Å². The number of anilines is 1. The molecular formula is C19H16N6O4S2. The van der Waals surface area contributed by atoms with E-state index in [0.29, 0.717) is 26.0 Å². The van der Waals surface area contributed by atoms with Gasteiger partial charge in [-0.3, -0.25) is 14.4 Å². The van der Waals surface area contributed by atoms with Crippen molar-refractivity contribution in [2.75, 3.05) is 5.32 Å². The Hall–Kier alpha value is -3.51. The Morgan fingerprint density at radius 2 is 2.13 bits per heavy atom. The molecule has 1 aliphatic heterocycles. The standard InChI is InChI=1S/C19H16N6O4S2/c1-25-12-5-3-2-4-11(12)21-17(25)24-19-23-16(29)13(31-19)8-10-9-20-18(30-10)22-14(26)6-7-15(27)28/h2-5,8-9H,6-7H2,1H3,(H,27,28)(H,20,22,26)(H,21,23,24,29)/b13-8-. The fourth-order valence-corrected chi connectivity index (χ4v) is 4.41. The van der Waals surface area contributed by atoms with Crippen LogP contribution in [0.1, 0.15) is 17.7 Å². The number of fused-ring (bicyclic) bond motifs is 1. The van der Waals surface area contributed by atoms with Crippen LogP contribution in [0.25, 0.3) is 17.1 Å². The van der Waals surface area contributed by atoms with Gasteiger partial charge in [0, 0.05) is 19.7 Å². The van der Waals surface area contributed by atoms with E-state index in [0.717, 1.165) is 11.0 Å². The Kier molecular flexibility index (Phi) is 5.82. The normalized spacial score (nSPS) is 16.2. The van der Waals surface area contributed by atoms with Crippen molar-refractivity contribution in [3.63, 3.8) is 0 Å². The molecule has 1 fully saturated rings. The predicted molar refractivity (Wildman–Crippen MR) is 119 cm³/mol. The molecular weight excluding hydrogens is 440 g/mol. The summed E-state index contributed by atoms with van der Waals surface area (Å²) in [5, 5.41) is 14.6. The van der Waals surface area contributed by atoms with Crippen LogP contribution in [0.4, 0.5) is 11.1 Å². The van der Waals surface area contributed by atoms with Crippen molar-refractivity contribution in [2.45, 2.75) is 12.8 Å². The highest BCUT2D eigenvalue weighted by Gasteiger charge is 2.25. The number of carboxylic acid groups (broad SMARTS) is 1. The zero-order chi connectivity index (χ0) is 22.0. The molecule has 1 aromatic carbocycles. The van der Waals surface area contributed by atoms with Crippen molar-refractivity contribution in [3.8, 4) is 0 Å². The van der Waals surface area contributed by atoms with E-state index in [9.17, 15) is 14.4 Å². The largest absolute Gasteiger partial charge is 0.481 e. The summed E-state index contributed by atoms with van der Waals surface area (Å²) in [7, 11) is 1.86. The molecule has 0 bridgehead atoms. The average molecular weight is 457 g/mol. The molecule has 0 radical (unpaired) electrons. The van der Waals surface area contributed by atoms with Crippen molar-refractivity contribution < 1.29 is 19.5 Å². The first-order valence-electron chi connectivity index (χ1n) is 9.07. The van der Waals surface area contributed by atoms with E-state index >= 15 is 0 Å². The summed E-state index contributed by atoms with van der Waals surface area (Å²) in [5.74, 6) is -1.28. The molecule has 1 saturated heterocycles. The molecule has 3 aromatic rings. The second-order valence-corrected chi connectivity index (χ2v) is 8.54. The van der Waals surface area contributed by atoms with Crippen molar-refractivity contribution in [3.05, 3.63) is 40.2 Å². The topological polar surface area (TPSA) is 139 Å². The Labute approximate surface area is 184 Å². The van der Waals surface area contributed by atoms with Gasteiger partial charge in [0.1, 0.15) is 0 Å². The smallest absolute Gasteiger partial charge is 0.303 e. The molecule has 4 rings (SSSR count). The van der Waals surface area contributed by atoms with E-state index in [2.05, 4.69) is 25.6 Å². The van der Waals surface area contributed by atoms with E-state index < -0.39 is 11.9 Å². The third kappa shape index (κ3) is 4.81. The van der Waals surface area contributed by atoms with Gasteiger partial charge in [0.05, 0.1) is 27.2 Å². The molecule has 1 aliphatic rings. The Morgan fingerprint density at radius 3 is 2.90 bits per heavy atom. The van der Waals surface area contributed by atoms with Gasteiger partial charge in [-0.25, -0.2) is 9.97 Å². The number of carbonyl (C=O) groups excluding carboxylic acids is 2. The van der Waals surface area contributed by atoms with Gasteiger partial charge < -0.3 is 20.3 Å². The molecule has 0 spiro atoms. The first-order chi connectivity index (χ1) is 14.9. The molecule has 2 aromatic heterocycles. The number of carbonyl (C=O) groups is 3. The van der Waals surface area contributed by atoms with Crippen molar-refractivity contribution in [1.29, 1.82) is 0 Å². The maximum Gasteiger partial charge on any atom is 0.303 e. The summed E-state index contributed by atoms with van der Waals surface area (Å²) in [6, 6.07) is 7.66. The quantitative estimate of drug-likeness (QED) is 0.485. The van der Waals surface area contributed by atoms with Crippen LogP contribution in [0.2, 0.25) is 0 Å². The first-order valence-corrected chi connectivity index (χ1v) is 10.7. The fraction of sp³-hybridized carbons (Fsp3) is 0.158. The molecule has 0 atom stereocenters.